The summed E-state index contributed by atoms with van der Waals surface area (Å²) in [6.45, 7) is 3.12. The minimum atomic E-state index is -0.312. The third kappa shape index (κ3) is 3.59. The van der Waals surface area contributed by atoms with Crippen molar-refractivity contribution < 1.29 is 14.0 Å². The molecule has 0 spiro atoms. The van der Waals surface area contributed by atoms with Crippen molar-refractivity contribution in [3.05, 3.63) is 57.0 Å². The summed E-state index contributed by atoms with van der Waals surface area (Å²) in [7, 11) is 0. The molecule has 2 aromatic rings. The van der Waals surface area contributed by atoms with Gasteiger partial charge in [0.05, 0.1) is 4.88 Å². The molecule has 23 heavy (non-hydrogen) atoms. The first-order valence-electron chi connectivity index (χ1n) is 7.42. The number of hydrogen-bond acceptors (Lipinski definition) is 3. The van der Waals surface area contributed by atoms with Crippen LogP contribution in [0.1, 0.15) is 32.6 Å². The van der Waals surface area contributed by atoms with E-state index in [1.807, 2.05) is 6.07 Å². The first-order chi connectivity index (χ1) is 11.0. The van der Waals surface area contributed by atoms with E-state index in [9.17, 15) is 14.0 Å². The molecule has 1 aliphatic heterocycles. The quantitative estimate of drug-likeness (QED) is 0.939. The summed E-state index contributed by atoms with van der Waals surface area (Å²) < 4.78 is 13.1. The number of thiophene rings is 1. The monoisotopic (exact) mass is 332 g/mol. The lowest BCUT2D eigenvalue weighted by Crippen LogP contribution is -2.33. The van der Waals surface area contributed by atoms with Gasteiger partial charge >= 0.3 is 0 Å². The zero-order valence-electron chi connectivity index (χ0n) is 12.8. The number of hydrogen-bond donors (Lipinski definition) is 1. The molecule has 2 heterocycles. The van der Waals surface area contributed by atoms with Gasteiger partial charge in [0.1, 0.15) is 5.82 Å². The molecule has 0 saturated carbocycles. The highest BCUT2D eigenvalue weighted by Crippen LogP contribution is 2.28. The molecule has 2 amide bonds. The van der Waals surface area contributed by atoms with Gasteiger partial charge in [-0.05, 0) is 35.7 Å². The van der Waals surface area contributed by atoms with Crippen LogP contribution in [0, 0.1) is 5.82 Å². The van der Waals surface area contributed by atoms with Crippen molar-refractivity contribution in [1.29, 1.82) is 0 Å². The van der Waals surface area contributed by atoms with E-state index in [-0.39, 0.29) is 17.6 Å². The van der Waals surface area contributed by atoms with Gasteiger partial charge in [0.2, 0.25) is 5.91 Å². The van der Waals surface area contributed by atoms with E-state index >= 15 is 0 Å². The van der Waals surface area contributed by atoms with Crippen molar-refractivity contribution >= 4 is 23.2 Å². The van der Waals surface area contributed by atoms with Crippen molar-refractivity contribution in [2.24, 2.45) is 0 Å². The minimum Gasteiger partial charge on any atom is -0.347 e. The van der Waals surface area contributed by atoms with E-state index in [0.717, 1.165) is 17.5 Å². The molecule has 1 aromatic carbocycles. The second-order valence-electron chi connectivity index (χ2n) is 5.56. The molecule has 0 fully saturated rings. The van der Waals surface area contributed by atoms with Gasteiger partial charge in [0.15, 0.2) is 0 Å². The summed E-state index contributed by atoms with van der Waals surface area (Å²) in [6.07, 6.45) is 0.788. The van der Waals surface area contributed by atoms with Gasteiger partial charge in [-0.25, -0.2) is 4.39 Å². The molecule has 6 heteroatoms. The standard InChI is InChI=1S/C17H17FN2O2S/c1-11(21)20-6-5-15-13(10-20)8-16(23-15)17(22)19-9-12-3-2-4-14(18)7-12/h2-4,7-8H,5-6,9-10H2,1H3,(H,19,22). The van der Waals surface area contributed by atoms with Crippen LogP contribution < -0.4 is 5.32 Å². The van der Waals surface area contributed by atoms with Gasteiger partial charge in [0, 0.05) is 31.4 Å². The fourth-order valence-corrected chi connectivity index (χ4v) is 3.71. The Bertz CT molecular complexity index is 757. The Morgan fingerprint density at radius 1 is 1.35 bits per heavy atom. The molecular formula is C17H17FN2O2S. The lowest BCUT2D eigenvalue weighted by Gasteiger charge is -2.25. The predicted octanol–water partition coefficient (Wildman–Crippen LogP) is 2.72. The Morgan fingerprint density at radius 3 is 2.91 bits per heavy atom. The number of fused-ring (bicyclic) bond motifs is 1. The van der Waals surface area contributed by atoms with Crippen LogP contribution in [-0.2, 0) is 24.3 Å². The van der Waals surface area contributed by atoms with Crippen LogP contribution in [-0.4, -0.2) is 23.3 Å². The smallest absolute Gasteiger partial charge is 0.261 e. The van der Waals surface area contributed by atoms with E-state index in [2.05, 4.69) is 5.32 Å². The summed E-state index contributed by atoms with van der Waals surface area (Å²) in [4.78, 5) is 27.3. The topological polar surface area (TPSA) is 49.4 Å². The number of halogens is 1. The normalized spacial score (nSPS) is 13.6. The van der Waals surface area contributed by atoms with Crippen molar-refractivity contribution in [1.82, 2.24) is 10.2 Å². The van der Waals surface area contributed by atoms with Crippen LogP contribution >= 0.6 is 11.3 Å². The number of carbonyl (C=O) groups is 2. The third-order valence-corrected chi connectivity index (χ3v) is 5.11. The molecule has 1 aromatic heterocycles. The average molecular weight is 332 g/mol. The van der Waals surface area contributed by atoms with E-state index < -0.39 is 0 Å². The van der Waals surface area contributed by atoms with Crippen LogP contribution in [0.4, 0.5) is 4.39 Å². The highest BCUT2D eigenvalue weighted by molar-refractivity contribution is 7.14. The number of rotatable bonds is 3. The Labute approximate surface area is 137 Å². The first kappa shape index (κ1) is 15.7. The average Bonchev–Trinajstić information content (AvgIpc) is 2.95. The summed E-state index contributed by atoms with van der Waals surface area (Å²) in [5.41, 5.74) is 1.77. The Hall–Kier alpha value is -2.21. The van der Waals surface area contributed by atoms with E-state index in [1.54, 1.807) is 24.0 Å². The van der Waals surface area contributed by atoms with E-state index in [0.29, 0.717) is 24.5 Å². The first-order valence-corrected chi connectivity index (χ1v) is 8.24. The largest absolute Gasteiger partial charge is 0.347 e. The summed E-state index contributed by atoms with van der Waals surface area (Å²) in [6, 6.07) is 8.03. The van der Waals surface area contributed by atoms with Gasteiger partial charge in [-0.3, -0.25) is 9.59 Å². The van der Waals surface area contributed by atoms with Crippen LogP contribution in [0.2, 0.25) is 0 Å². The molecule has 0 radical (unpaired) electrons. The third-order valence-electron chi connectivity index (χ3n) is 3.88. The zero-order chi connectivity index (χ0) is 16.4. The number of amides is 2. The van der Waals surface area contributed by atoms with Crippen molar-refractivity contribution in [3.63, 3.8) is 0 Å². The Kier molecular flexibility index (Phi) is 4.43. The molecule has 3 rings (SSSR count). The fraction of sp³-hybridized carbons (Fsp3) is 0.294. The highest BCUT2D eigenvalue weighted by atomic mass is 32.1. The van der Waals surface area contributed by atoms with Gasteiger partial charge in [-0.1, -0.05) is 12.1 Å². The lowest BCUT2D eigenvalue weighted by atomic mass is 10.1. The van der Waals surface area contributed by atoms with E-state index in [4.69, 9.17) is 0 Å². The maximum Gasteiger partial charge on any atom is 0.261 e. The maximum atomic E-state index is 13.1. The van der Waals surface area contributed by atoms with Gasteiger partial charge in [-0.2, -0.15) is 0 Å². The SMILES string of the molecule is CC(=O)N1CCc2sc(C(=O)NCc3cccc(F)c3)cc2C1. The summed E-state index contributed by atoms with van der Waals surface area (Å²) in [5, 5.41) is 2.81. The Balaban J connectivity index is 1.66. The van der Waals surface area contributed by atoms with Crippen LogP contribution in [0.15, 0.2) is 30.3 Å². The van der Waals surface area contributed by atoms with E-state index in [1.165, 1.54) is 28.3 Å². The number of carbonyl (C=O) groups excluding carboxylic acids is 2. The molecule has 120 valence electrons. The van der Waals surface area contributed by atoms with Crippen molar-refractivity contribution in [3.8, 4) is 0 Å². The highest BCUT2D eigenvalue weighted by Gasteiger charge is 2.22. The van der Waals surface area contributed by atoms with Gasteiger partial charge in [-0.15, -0.1) is 11.3 Å². The number of nitrogens with zero attached hydrogens (tertiary/aromatic N) is 1. The van der Waals surface area contributed by atoms with Gasteiger partial charge < -0.3 is 10.2 Å². The molecule has 0 atom stereocenters. The fourth-order valence-electron chi connectivity index (χ4n) is 2.63. The summed E-state index contributed by atoms with van der Waals surface area (Å²) in [5.74, 6) is -0.422. The minimum absolute atomic E-state index is 0.0546. The number of benzene rings is 1. The molecule has 4 nitrogen and oxygen atoms in total. The molecule has 1 N–H and O–H groups in total. The molecule has 0 unspecified atom stereocenters. The van der Waals surface area contributed by atoms with Crippen LogP contribution in [0.25, 0.3) is 0 Å². The molecule has 0 bridgehead atoms. The zero-order valence-corrected chi connectivity index (χ0v) is 13.6. The molecule has 0 aliphatic carbocycles. The van der Waals surface area contributed by atoms with Crippen molar-refractivity contribution in [2.75, 3.05) is 6.54 Å². The lowest BCUT2D eigenvalue weighted by molar-refractivity contribution is -0.129. The molecular weight excluding hydrogens is 315 g/mol. The second-order valence-corrected chi connectivity index (χ2v) is 6.70. The number of nitrogens with one attached hydrogen (secondary N) is 1. The summed E-state index contributed by atoms with van der Waals surface area (Å²) >= 11 is 1.47. The molecule has 0 saturated heterocycles. The van der Waals surface area contributed by atoms with Crippen LogP contribution in [0.5, 0.6) is 0 Å². The van der Waals surface area contributed by atoms with Crippen LogP contribution in [0.3, 0.4) is 0 Å². The van der Waals surface area contributed by atoms with Crippen molar-refractivity contribution in [2.45, 2.75) is 26.4 Å². The molecule has 1 aliphatic rings. The second kappa shape index (κ2) is 6.50. The maximum absolute atomic E-state index is 13.1. The predicted molar refractivity (Wildman–Crippen MR) is 86.7 cm³/mol. The Morgan fingerprint density at radius 2 is 2.17 bits per heavy atom. The van der Waals surface area contributed by atoms with Gasteiger partial charge in [0.25, 0.3) is 5.91 Å².